The van der Waals surface area contributed by atoms with Crippen molar-refractivity contribution in [3.8, 4) is 5.75 Å². The molecule has 0 unspecified atom stereocenters. The van der Waals surface area contributed by atoms with Gasteiger partial charge in [0.05, 0.1) is 18.7 Å². The van der Waals surface area contributed by atoms with Crippen molar-refractivity contribution in [3.63, 3.8) is 0 Å². The lowest BCUT2D eigenvalue weighted by atomic mass is 9.95. The highest BCUT2D eigenvalue weighted by atomic mass is 19.1. The van der Waals surface area contributed by atoms with Gasteiger partial charge < -0.3 is 14.4 Å². The van der Waals surface area contributed by atoms with Gasteiger partial charge in [0, 0.05) is 31.7 Å². The van der Waals surface area contributed by atoms with Crippen molar-refractivity contribution in [2.75, 3.05) is 32.2 Å². The zero-order valence-corrected chi connectivity index (χ0v) is 13.0. The molecule has 1 aromatic heterocycles. The monoisotopic (exact) mass is 305 g/mol. The highest BCUT2D eigenvalue weighted by Gasteiger charge is 2.28. The zero-order chi connectivity index (χ0) is 15.7. The van der Waals surface area contributed by atoms with Gasteiger partial charge in [-0.3, -0.25) is 0 Å². The lowest BCUT2D eigenvalue weighted by Crippen LogP contribution is -2.44. The average Bonchev–Trinajstić information content (AvgIpc) is 2.54. The van der Waals surface area contributed by atoms with Crippen molar-refractivity contribution < 1.29 is 13.9 Å². The molecular formula is C16H20FN3O2. The summed E-state index contributed by atoms with van der Waals surface area (Å²) in [5.74, 6) is 1.11. The molecule has 2 heterocycles. The number of piperidine rings is 1. The Balaban J connectivity index is 2.03. The third-order valence-electron chi connectivity index (χ3n) is 4.38. The molecule has 0 bridgehead atoms. The van der Waals surface area contributed by atoms with Crippen LogP contribution in [0.3, 0.4) is 0 Å². The Morgan fingerprint density at radius 2 is 2.09 bits per heavy atom. The third-order valence-corrected chi connectivity index (χ3v) is 4.38. The summed E-state index contributed by atoms with van der Waals surface area (Å²) >= 11 is 0. The van der Waals surface area contributed by atoms with Gasteiger partial charge in [-0.25, -0.2) is 14.4 Å². The first-order chi connectivity index (χ1) is 10.6. The fourth-order valence-corrected chi connectivity index (χ4v) is 2.99. The van der Waals surface area contributed by atoms with Gasteiger partial charge in [0.1, 0.15) is 12.1 Å². The van der Waals surface area contributed by atoms with Gasteiger partial charge in [-0.05, 0) is 18.4 Å². The van der Waals surface area contributed by atoms with E-state index in [2.05, 4.69) is 21.8 Å². The molecule has 0 saturated carbocycles. The van der Waals surface area contributed by atoms with Gasteiger partial charge in [-0.1, -0.05) is 6.92 Å². The standard InChI is InChI=1S/C16H20FN3O2/c1-10-4-5-20(8-15(10)22-3)16-11-6-14(21-2)12(17)7-13(11)18-9-19-16/h6-7,9-10,15H,4-5,8H2,1-3H3/t10-,15-/m1/s1. The first-order valence-electron chi connectivity index (χ1n) is 7.40. The van der Waals surface area contributed by atoms with Crippen molar-refractivity contribution in [1.82, 2.24) is 9.97 Å². The van der Waals surface area contributed by atoms with E-state index in [0.29, 0.717) is 11.4 Å². The van der Waals surface area contributed by atoms with E-state index >= 15 is 0 Å². The number of halogens is 1. The third kappa shape index (κ3) is 2.59. The number of methoxy groups -OCH3 is 2. The number of anilines is 1. The number of nitrogens with zero attached hydrogens (tertiary/aromatic N) is 3. The van der Waals surface area contributed by atoms with Crippen LogP contribution < -0.4 is 9.64 Å². The fourth-order valence-electron chi connectivity index (χ4n) is 2.99. The van der Waals surface area contributed by atoms with Crippen LogP contribution in [0.4, 0.5) is 10.2 Å². The van der Waals surface area contributed by atoms with Crippen LogP contribution >= 0.6 is 0 Å². The molecule has 6 heteroatoms. The fraction of sp³-hybridized carbons (Fsp3) is 0.500. The Morgan fingerprint density at radius 3 is 2.82 bits per heavy atom. The second-order valence-electron chi connectivity index (χ2n) is 5.69. The number of hydrogen-bond donors (Lipinski definition) is 0. The highest BCUT2D eigenvalue weighted by Crippen LogP contribution is 2.31. The van der Waals surface area contributed by atoms with E-state index in [1.807, 2.05) is 0 Å². The Kier molecular flexibility index (Phi) is 4.11. The number of ether oxygens (including phenoxy) is 2. The zero-order valence-electron chi connectivity index (χ0n) is 13.0. The Morgan fingerprint density at radius 1 is 1.27 bits per heavy atom. The Hall–Kier alpha value is -1.95. The molecule has 5 nitrogen and oxygen atoms in total. The molecule has 1 aromatic carbocycles. The number of aromatic nitrogens is 2. The summed E-state index contributed by atoms with van der Waals surface area (Å²) in [6, 6.07) is 3.06. The number of fused-ring (bicyclic) bond motifs is 1. The summed E-state index contributed by atoms with van der Waals surface area (Å²) in [5.41, 5.74) is 0.580. The second-order valence-corrected chi connectivity index (χ2v) is 5.69. The van der Waals surface area contributed by atoms with Crippen LogP contribution in [-0.2, 0) is 4.74 Å². The average molecular weight is 305 g/mol. The molecule has 118 valence electrons. The lowest BCUT2D eigenvalue weighted by molar-refractivity contribution is 0.0497. The molecule has 1 aliphatic heterocycles. The molecule has 2 aromatic rings. The van der Waals surface area contributed by atoms with Gasteiger partial charge in [0.15, 0.2) is 11.6 Å². The molecule has 1 aliphatic rings. The minimum Gasteiger partial charge on any atom is -0.494 e. The summed E-state index contributed by atoms with van der Waals surface area (Å²) in [6.07, 6.45) is 2.67. The van der Waals surface area contributed by atoms with Crippen LogP contribution in [0.2, 0.25) is 0 Å². The largest absolute Gasteiger partial charge is 0.494 e. The number of rotatable bonds is 3. The molecular weight excluding hydrogens is 285 g/mol. The van der Waals surface area contributed by atoms with Crippen LogP contribution in [0.5, 0.6) is 5.75 Å². The van der Waals surface area contributed by atoms with E-state index in [9.17, 15) is 4.39 Å². The van der Waals surface area contributed by atoms with Crippen molar-refractivity contribution >= 4 is 16.7 Å². The van der Waals surface area contributed by atoms with E-state index in [1.54, 1.807) is 13.2 Å². The summed E-state index contributed by atoms with van der Waals surface area (Å²) in [5, 5.41) is 0.796. The molecule has 1 saturated heterocycles. The van der Waals surface area contributed by atoms with Gasteiger partial charge in [-0.15, -0.1) is 0 Å². The normalized spacial score (nSPS) is 22.1. The molecule has 3 rings (SSSR count). The van der Waals surface area contributed by atoms with E-state index in [1.165, 1.54) is 19.5 Å². The van der Waals surface area contributed by atoms with E-state index in [0.717, 1.165) is 30.7 Å². The SMILES string of the molecule is COc1cc2c(N3CC[C@@H](C)[C@H](OC)C3)ncnc2cc1F. The van der Waals surface area contributed by atoms with Gasteiger partial charge in [0.25, 0.3) is 0 Å². The minimum absolute atomic E-state index is 0.168. The van der Waals surface area contributed by atoms with Crippen LogP contribution in [0.25, 0.3) is 10.9 Å². The van der Waals surface area contributed by atoms with Gasteiger partial charge in [-0.2, -0.15) is 0 Å². The minimum atomic E-state index is -0.415. The van der Waals surface area contributed by atoms with Crippen LogP contribution in [0, 0.1) is 11.7 Å². The van der Waals surface area contributed by atoms with Gasteiger partial charge >= 0.3 is 0 Å². The maximum atomic E-state index is 13.8. The first-order valence-corrected chi connectivity index (χ1v) is 7.40. The smallest absolute Gasteiger partial charge is 0.167 e. The highest BCUT2D eigenvalue weighted by molar-refractivity contribution is 5.90. The van der Waals surface area contributed by atoms with Crippen molar-refractivity contribution in [2.45, 2.75) is 19.4 Å². The summed E-state index contributed by atoms with van der Waals surface area (Å²) in [6.45, 7) is 3.86. The van der Waals surface area contributed by atoms with Crippen LogP contribution in [0.1, 0.15) is 13.3 Å². The predicted molar refractivity (Wildman–Crippen MR) is 82.8 cm³/mol. The Labute approximate surface area is 129 Å². The van der Waals surface area contributed by atoms with E-state index in [-0.39, 0.29) is 11.9 Å². The number of hydrogen-bond acceptors (Lipinski definition) is 5. The summed E-state index contributed by atoms with van der Waals surface area (Å²) in [4.78, 5) is 10.7. The maximum Gasteiger partial charge on any atom is 0.167 e. The molecule has 2 atom stereocenters. The molecule has 0 aliphatic carbocycles. The lowest BCUT2D eigenvalue weighted by Gasteiger charge is -2.37. The summed E-state index contributed by atoms with van der Waals surface area (Å²) in [7, 11) is 3.19. The molecule has 0 N–H and O–H groups in total. The van der Waals surface area contributed by atoms with E-state index in [4.69, 9.17) is 9.47 Å². The van der Waals surface area contributed by atoms with E-state index < -0.39 is 5.82 Å². The van der Waals surface area contributed by atoms with Gasteiger partial charge in [0.2, 0.25) is 0 Å². The van der Waals surface area contributed by atoms with Crippen molar-refractivity contribution in [3.05, 3.63) is 24.3 Å². The van der Waals surface area contributed by atoms with Crippen molar-refractivity contribution in [1.29, 1.82) is 0 Å². The predicted octanol–water partition coefficient (Wildman–Crippen LogP) is 2.64. The molecule has 0 spiro atoms. The second kappa shape index (κ2) is 6.04. The molecule has 1 fully saturated rings. The number of benzene rings is 1. The maximum absolute atomic E-state index is 13.8. The molecule has 0 radical (unpaired) electrons. The topological polar surface area (TPSA) is 47.5 Å². The van der Waals surface area contributed by atoms with Crippen LogP contribution in [-0.4, -0.2) is 43.4 Å². The van der Waals surface area contributed by atoms with Crippen molar-refractivity contribution in [2.24, 2.45) is 5.92 Å². The quantitative estimate of drug-likeness (QED) is 0.872. The molecule has 0 amide bonds. The first kappa shape index (κ1) is 15.0. The summed E-state index contributed by atoms with van der Waals surface area (Å²) < 4.78 is 24.5. The molecule has 22 heavy (non-hydrogen) atoms. The Bertz CT molecular complexity index is 680. The van der Waals surface area contributed by atoms with Crippen LogP contribution in [0.15, 0.2) is 18.5 Å².